The van der Waals surface area contributed by atoms with Crippen LogP contribution in [0.15, 0.2) is 17.7 Å². The first-order chi connectivity index (χ1) is 7.20. The number of hydrogen-bond donors (Lipinski definition) is 0. The quantitative estimate of drug-likeness (QED) is 0.737. The summed E-state index contributed by atoms with van der Waals surface area (Å²) < 4.78 is 10.9. The molecule has 0 aromatic heterocycles. The van der Waals surface area contributed by atoms with E-state index in [1.165, 1.54) is 16.7 Å². The Bertz CT molecular complexity index is 401. The van der Waals surface area contributed by atoms with Gasteiger partial charge in [0.1, 0.15) is 0 Å². The van der Waals surface area contributed by atoms with Gasteiger partial charge in [0, 0.05) is 12.0 Å². The molecule has 0 atom stereocenters. The third-order valence-electron chi connectivity index (χ3n) is 2.45. The average Bonchev–Trinajstić information content (AvgIpc) is 2.63. The lowest BCUT2D eigenvalue weighted by Crippen LogP contribution is -1.90. The van der Waals surface area contributed by atoms with Gasteiger partial charge in [0.15, 0.2) is 11.5 Å². The molecule has 1 heterocycles. The first kappa shape index (κ1) is 10.1. The number of benzene rings is 1. The first-order valence-electron chi connectivity index (χ1n) is 5.19. The van der Waals surface area contributed by atoms with Crippen LogP contribution in [0.3, 0.4) is 0 Å². The van der Waals surface area contributed by atoms with Gasteiger partial charge >= 0.3 is 0 Å². The predicted molar refractivity (Wildman–Crippen MR) is 61.5 cm³/mol. The SMILES string of the molecule is COc1cc(C=C(C)C)cc2c1OCC2. The molecule has 1 aromatic carbocycles. The molecule has 1 aliphatic rings. The second-order valence-corrected chi connectivity index (χ2v) is 4.03. The summed E-state index contributed by atoms with van der Waals surface area (Å²) in [6, 6.07) is 4.20. The largest absolute Gasteiger partial charge is 0.493 e. The summed E-state index contributed by atoms with van der Waals surface area (Å²) in [6.45, 7) is 4.95. The van der Waals surface area contributed by atoms with Crippen molar-refractivity contribution in [2.24, 2.45) is 0 Å². The van der Waals surface area contributed by atoms with Gasteiger partial charge in [-0.1, -0.05) is 11.6 Å². The molecule has 0 amide bonds. The number of fused-ring (bicyclic) bond motifs is 1. The fourth-order valence-electron chi connectivity index (χ4n) is 1.86. The van der Waals surface area contributed by atoms with Crippen molar-refractivity contribution in [3.05, 3.63) is 28.8 Å². The van der Waals surface area contributed by atoms with E-state index in [-0.39, 0.29) is 0 Å². The highest BCUT2D eigenvalue weighted by atomic mass is 16.5. The Morgan fingerprint density at radius 3 is 2.87 bits per heavy atom. The van der Waals surface area contributed by atoms with Crippen molar-refractivity contribution in [2.45, 2.75) is 20.3 Å². The van der Waals surface area contributed by atoms with Gasteiger partial charge in [-0.05, 0) is 31.5 Å². The normalized spacial score (nSPS) is 13.0. The summed E-state index contributed by atoms with van der Waals surface area (Å²) in [5.41, 5.74) is 3.73. The maximum atomic E-state index is 5.53. The first-order valence-corrected chi connectivity index (χ1v) is 5.19. The smallest absolute Gasteiger partial charge is 0.164 e. The Kier molecular flexibility index (Phi) is 2.67. The number of ether oxygens (including phenoxy) is 2. The monoisotopic (exact) mass is 204 g/mol. The average molecular weight is 204 g/mol. The third kappa shape index (κ3) is 1.99. The molecule has 0 saturated heterocycles. The molecule has 0 saturated carbocycles. The Labute approximate surface area is 90.5 Å². The molecule has 0 fully saturated rings. The van der Waals surface area contributed by atoms with E-state index in [4.69, 9.17) is 9.47 Å². The maximum Gasteiger partial charge on any atom is 0.164 e. The van der Waals surface area contributed by atoms with Gasteiger partial charge in [-0.2, -0.15) is 0 Å². The molecule has 0 N–H and O–H groups in total. The molecule has 2 heteroatoms. The highest BCUT2D eigenvalue weighted by Gasteiger charge is 2.17. The molecule has 0 spiro atoms. The van der Waals surface area contributed by atoms with E-state index in [0.29, 0.717) is 0 Å². The van der Waals surface area contributed by atoms with Gasteiger partial charge in [0.2, 0.25) is 0 Å². The van der Waals surface area contributed by atoms with E-state index in [0.717, 1.165) is 24.5 Å². The van der Waals surface area contributed by atoms with Crippen molar-refractivity contribution in [2.75, 3.05) is 13.7 Å². The zero-order chi connectivity index (χ0) is 10.8. The van der Waals surface area contributed by atoms with Crippen LogP contribution in [0, 0.1) is 0 Å². The fraction of sp³-hybridized carbons (Fsp3) is 0.385. The highest BCUT2D eigenvalue weighted by Crippen LogP contribution is 2.37. The van der Waals surface area contributed by atoms with Gasteiger partial charge in [-0.25, -0.2) is 0 Å². The minimum atomic E-state index is 0.768. The van der Waals surface area contributed by atoms with Gasteiger partial charge in [-0.15, -0.1) is 0 Å². The van der Waals surface area contributed by atoms with Crippen molar-refractivity contribution >= 4 is 6.08 Å². The molecule has 0 unspecified atom stereocenters. The van der Waals surface area contributed by atoms with E-state index in [1.807, 2.05) is 6.07 Å². The van der Waals surface area contributed by atoms with E-state index in [9.17, 15) is 0 Å². The van der Waals surface area contributed by atoms with E-state index < -0.39 is 0 Å². The Morgan fingerprint density at radius 1 is 1.40 bits per heavy atom. The van der Waals surface area contributed by atoms with Crippen LogP contribution in [0.5, 0.6) is 11.5 Å². The number of rotatable bonds is 2. The molecule has 2 nitrogen and oxygen atoms in total. The summed E-state index contributed by atoms with van der Waals surface area (Å²) in [5.74, 6) is 1.76. The van der Waals surface area contributed by atoms with Gasteiger partial charge in [-0.3, -0.25) is 0 Å². The number of allylic oxidation sites excluding steroid dienone is 1. The van der Waals surface area contributed by atoms with Crippen molar-refractivity contribution in [3.8, 4) is 11.5 Å². The van der Waals surface area contributed by atoms with Crippen LogP contribution < -0.4 is 9.47 Å². The second-order valence-electron chi connectivity index (χ2n) is 4.03. The van der Waals surface area contributed by atoms with Crippen LogP contribution in [-0.4, -0.2) is 13.7 Å². The van der Waals surface area contributed by atoms with Crippen LogP contribution in [0.1, 0.15) is 25.0 Å². The van der Waals surface area contributed by atoms with Gasteiger partial charge in [0.25, 0.3) is 0 Å². The topological polar surface area (TPSA) is 18.5 Å². The predicted octanol–water partition coefficient (Wildman–Crippen LogP) is 3.05. The highest BCUT2D eigenvalue weighted by molar-refractivity contribution is 5.61. The minimum absolute atomic E-state index is 0.768. The fourth-order valence-corrected chi connectivity index (χ4v) is 1.86. The van der Waals surface area contributed by atoms with E-state index in [1.54, 1.807) is 7.11 Å². The summed E-state index contributed by atoms with van der Waals surface area (Å²) in [5, 5.41) is 0. The lowest BCUT2D eigenvalue weighted by molar-refractivity contribution is 0.326. The number of hydrogen-bond acceptors (Lipinski definition) is 2. The summed E-state index contributed by atoms with van der Waals surface area (Å²) in [6.07, 6.45) is 3.14. The standard InChI is InChI=1S/C13H16O2/c1-9(2)6-10-7-11-4-5-15-13(11)12(8-10)14-3/h6-8H,4-5H2,1-3H3. The van der Waals surface area contributed by atoms with E-state index in [2.05, 4.69) is 26.0 Å². The molecule has 0 aliphatic carbocycles. The molecular formula is C13H16O2. The summed E-state index contributed by atoms with van der Waals surface area (Å²) >= 11 is 0. The second kappa shape index (κ2) is 3.97. The minimum Gasteiger partial charge on any atom is -0.493 e. The van der Waals surface area contributed by atoms with Crippen LogP contribution in [0.2, 0.25) is 0 Å². The Balaban J connectivity index is 2.48. The molecule has 0 bridgehead atoms. The summed E-state index contributed by atoms with van der Waals surface area (Å²) in [7, 11) is 1.68. The molecule has 1 aliphatic heterocycles. The molecule has 0 radical (unpaired) electrons. The Hall–Kier alpha value is -1.44. The molecule has 80 valence electrons. The molecule has 15 heavy (non-hydrogen) atoms. The zero-order valence-corrected chi connectivity index (χ0v) is 9.46. The van der Waals surface area contributed by atoms with Crippen LogP contribution in [0.25, 0.3) is 6.08 Å². The third-order valence-corrected chi connectivity index (χ3v) is 2.45. The van der Waals surface area contributed by atoms with Crippen molar-refractivity contribution < 1.29 is 9.47 Å². The maximum absolute atomic E-state index is 5.53. The zero-order valence-electron chi connectivity index (χ0n) is 9.46. The number of methoxy groups -OCH3 is 1. The molecule has 2 rings (SSSR count). The Morgan fingerprint density at radius 2 is 2.20 bits per heavy atom. The lowest BCUT2D eigenvalue weighted by atomic mass is 10.1. The van der Waals surface area contributed by atoms with Gasteiger partial charge < -0.3 is 9.47 Å². The van der Waals surface area contributed by atoms with Crippen molar-refractivity contribution in [1.29, 1.82) is 0 Å². The lowest BCUT2D eigenvalue weighted by Gasteiger charge is -2.08. The summed E-state index contributed by atoms with van der Waals surface area (Å²) in [4.78, 5) is 0. The van der Waals surface area contributed by atoms with Crippen molar-refractivity contribution in [1.82, 2.24) is 0 Å². The van der Waals surface area contributed by atoms with Crippen LogP contribution in [-0.2, 0) is 6.42 Å². The van der Waals surface area contributed by atoms with Crippen molar-refractivity contribution in [3.63, 3.8) is 0 Å². The van der Waals surface area contributed by atoms with Gasteiger partial charge in [0.05, 0.1) is 13.7 Å². The molecule has 1 aromatic rings. The molecular weight excluding hydrogens is 188 g/mol. The van der Waals surface area contributed by atoms with E-state index >= 15 is 0 Å². The van der Waals surface area contributed by atoms with Crippen LogP contribution in [0.4, 0.5) is 0 Å². The van der Waals surface area contributed by atoms with Crippen LogP contribution >= 0.6 is 0 Å².